The molecular weight excluding hydrogens is 256 g/mol. The number of likely N-dealkylation sites (tertiary alicyclic amines) is 1. The fourth-order valence-electron chi connectivity index (χ4n) is 2.40. The summed E-state index contributed by atoms with van der Waals surface area (Å²) >= 11 is 0. The molecule has 0 aromatic heterocycles. The molecule has 118 valence electrons. The third-order valence-electron chi connectivity index (χ3n) is 4.13. The SMILES string of the molecule is CCC(CC)N1CC[C@@H](O/N=[N+](/[O-])N(C)C(C)(C)C)C1. The molecule has 0 bridgehead atoms. The second-order valence-electron chi connectivity index (χ2n) is 6.51. The highest BCUT2D eigenvalue weighted by atomic mass is 16.7. The molecule has 0 aromatic rings. The van der Waals surface area contributed by atoms with Gasteiger partial charge in [0.1, 0.15) is 6.10 Å². The summed E-state index contributed by atoms with van der Waals surface area (Å²) in [5.41, 5.74) is -0.272. The first-order valence-corrected chi connectivity index (χ1v) is 7.61. The van der Waals surface area contributed by atoms with Gasteiger partial charge in [-0.25, -0.2) is 0 Å². The van der Waals surface area contributed by atoms with Crippen LogP contribution in [-0.4, -0.2) is 52.7 Å². The summed E-state index contributed by atoms with van der Waals surface area (Å²) in [5.74, 6) is 0. The van der Waals surface area contributed by atoms with Crippen molar-refractivity contribution in [2.45, 2.75) is 71.6 Å². The first kappa shape index (κ1) is 17.0. The van der Waals surface area contributed by atoms with Crippen LogP contribution in [0, 0.1) is 5.21 Å². The van der Waals surface area contributed by atoms with Gasteiger partial charge in [-0.3, -0.25) is 4.90 Å². The minimum Gasteiger partial charge on any atom is -0.569 e. The molecule has 1 fully saturated rings. The Morgan fingerprint density at radius 2 is 2.00 bits per heavy atom. The topological polar surface area (TPSA) is 54.1 Å². The van der Waals surface area contributed by atoms with Crippen molar-refractivity contribution in [1.82, 2.24) is 9.91 Å². The third kappa shape index (κ3) is 4.51. The average Bonchev–Trinajstić information content (AvgIpc) is 2.84. The largest absolute Gasteiger partial charge is 0.569 e. The zero-order valence-corrected chi connectivity index (χ0v) is 13.8. The molecule has 6 nitrogen and oxygen atoms in total. The summed E-state index contributed by atoms with van der Waals surface area (Å²) in [6.07, 6.45) is 3.27. The van der Waals surface area contributed by atoms with E-state index in [1.165, 1.54) is 5.01 Å². The maximum absolute atomic E-state index is 11.8. The molecule has 1 rings (SSSR count). The summed E-state index contributed by atoms with van der Waals surface area (Å²) in [4.78, 5) is 8.38. The van der Waals surface area contributed by atoms with Crippen LogP contribution in [0.1, 0.15) is 53.9 Å². The lowest BCUT2D eigenvalue weighted by Crippen LogP contribution is -2.42. The highest BCUT2D eigenvalue weighted by Crippen LogP contribution is 2.19. The first-order chi connectivity index (χ1) is 9.29. The number of rotatable bonds is 6. The van der Waals surface area contributed by atoms with Gasteiger partial charge in [0, 0.05) is 25.6 Å². The third-order valence-corrected chi connectivity index (χ3v) is 4.13. The monoisotopic (exact) mass is 286 g/mol. The van der Waals surface area contributed by atoms with Crippen molar-refractivity contribution in [1.29, 1.82) is 0 Å². The molecule has 0 unspecified atom stereocenters. The molecule has 0 amide bonds. The summed E-state index contributed by atoms with van der Waals surface area (Å²) in [5, 5.41) is 17.0. The van der Waals surface area contributed by atoms with Crippen LogP contribution in [0.4, 0.5) is 0 Å². The second-order valence-corrected chi connectivity index (χ2v) is 6.51. The van der Waals surface area contributed by atoms with E-state index in [9.17, 15) is 5.21 Å². The van der Waals surface area contributed by atoms with Gasteiger partial charge in [-0.05, 0) is 33.6 Å². The number of nitrogens with zero attached hydrogens (tertiary/aromatic N) is 4. The molecule has 1 heterocycles. The van der Waals surface area contributed by atoms with Crippen LogP contribution in [0.15, 0.2) is 5.28 Å². The number of hydrogen-bond donors (Lipinski definition) is 0. The van der Waals surface area contributed by atoms with Crippen LogP contribution < -0.4 is 0 Å². The molecule has 20 heavy (non-hydrogen) atoms. The van der Waals surface area contributed by atoms with E-state index in [2.05, 4.69) is 24.0 Å². The summed E-state index contributed by atoms with van der Waals surface area (Å²) in [6, 6.07) is 0.615. The molecule has 0 N–H and O–H groups in total. The lowest BCUT2D eigenvalue weighted by atomic mass is 10.1. The van der Waals surface area contributed by atoms with Gasteiger partial charge in [-0.15, -0.1) is 5.01 Å². The van der Waals surface area contributed by atoms with Crippen molar-refractivity contribution < 1.29 is 9.81 Å². The van der Waals surface area contributed by atoms with Gasteiger partial charge in [0.25, 0.3) is 0 Å². The van der Waals surface area contributed by atoms with Crippen molar-refractivity contribution in [3.05, 3.63) is 5.21 Å². The molecule has 0 aromatic carbocycles. The van der Waals surface area contributed by atoms with Gasteiger partial charge in [0.15, 0.2) is 0 Å². The lowest BCUT2D eigenvalue weighted by molar-refractivity contribution is -0.720. The van der Waals surface area contributed by atoms with E-state index in [1.807, 2.05) is 20.8 Å². The number of hydrogen-bond acceptors (Lipinski definition) is 4. The Kier molecular flexibility index (Phi) is 6.05. The van der Waals surface area contributed by atoms with Crippen LogP contribution in [0.3, 0.4) is 0 Å². The zero-order valence-electron chi connectivity index (χ0n) is 13.8. The van der Waals surface area contributed by atoms with E-state index in [0.717, 1.165) is 32.4 Å². The van der Waals surface area contributed by atoms with Crippen molar-refractivity contribution in [3.8, 4) is 0 Å². The standard InChI is InChI=1S/C14H30N4O2/c1-7-12(8-2)17-10-9-13(11-17)20-15-18(19)16(6)14(3,4)5/h12-13H,7-11H2,1-6H3/b18-15+/t13-/m1/s1. The molecule has 0 spiro atoms. The van der Waals surface area contributed by atoms with Crippen LogP contribution in [0.2, 0.25) is 0 Å². The Balaban J connectivity index is 2.48. The van der Waals surface area contributed by atoms with E-state index >= 15 is 0 Å². The molecule has 1 aliphatic rings. The van der Waals surface area contributed by atoms with Gasteiger partial charge < -0.3 is 10.0 Å². The molecule has 1 saturated heterocycles. The van der Waals surface area contributed by atoms with E-state index < -0.39 is 0 Å². The summed E-state index contributed by atoms with van der Waals surface area (Å²) in [7, 11) is 1.71. The van der Waals surface area contributed by atoms with Gasteiger partial charge in [-0.1, -0.05) is 13.8 Å². The first-order valence-electron chi connectivity index (χ1n) is 7.61. The highest BCUT2D eigenvalue weighted by Gasteiger charge is 2.29. The molecule has 1 aliphatic heterocycles. The number of hydrazine groups is 1. The Morgan fingerprint density at radius 3 is 2.50 bits per heavy atom. The van der Waals surface area contributed by atoms with Crippen molar-refractivity contribution in [3.63, 3.8) is 0 Å². The molecule has 1 atom stereocenters. The lowest BCUT2D eigenvalue weighted by Gasteiger charge is -2.26. The zero-order chi connectivity index (χ0) is 15.3. The van der Waals surface area contributed by atoms with Gasteiger partial charge >= 0.3 is 0 Å². The predicted molar refractivity (Wildman–Crippen MR) is 79.0 cm³/mol. The molecule has 0 radical (unpaired) electrons. The van der Waals surface area contributed by atoms with E-state index in [-0.39, 0.29) is 11.6 Å². The summed E-state index contributed by atoms with van der Waals surface area (Å²) < 4.78 is 0. The quantitative estimate of drug-likeness (QED) is 0.428. The van der Waals surface area contributed by atoms with Gasteiger partial charge in [-0.2, -0.15) is 0 Å². The van der Waals surface area contributed by atoms with E-state index in [1.54, 1.807) is 7.05 Å². The van der Waals surface area contributed by atoms with E-state index in [4.69, 9.17) is 4.84 Å². The van der Waals surface area contributed by atoms with Crippen molar-refractivity contribution in [2.24, 2.45) is 5.28 Å². The minimum atomic E-state index is -0.272. The van der Waals surface area contributed by atoms with Crippen molar-refractivity contribution in [2.75, 3.05) is 20.1 Å². The maximum atomic E-state index is 11.8. The Hall–Kier alpha value is -1.04. The minimum absolute atomic E-state index is 0.0282. The Labute approximate surface area is 122 Å². The smallest absolute Gasteiger partial charge is 0.233 e. The highest BCUT2D eigenvalue weighted by molar-refractivity contribution is 4.80. The fourth-order valence-corrected chi connectivity index (χ4v) is 2.40. The van der Waals surface area contributed by atoms with Crippen LogP contribution >= 0.6 is 0 Å². The van der Waals surface area contributed by atoms with E-state index in [0.29, 0.717) is 11.0 Å². The van der Waals surface area contributed by atoms with Gasteiger partial charge in [0.05, 0.1) is 17.6 Å². The fraction of sp³-hybridized carbons (Fsp3) is 1.00. The van der Waals surface area contributed by atoms with Crippen LogP contribution in [-0.2, 0) is 4.84 Å². The van der Waals surface area contributed by atoms with Crippen molar-refractivity contribution >= 4 is 0 Å². The summed E-state index contributed by atoms with van der Waals surface area (Å²) in [6.45, 7) is 12.2. The molecular formula is C14H30N4O2. The molecule has 6 heteroatoms. The maximum Gasteiger partial charge on any atom is 0.233 e. The van der Waals surface area contributed by atoms with Gasteiger partial charge in [0.2, 0.25) is 5.28 Å². The second kappa shape index (κ2) is 7.11. The average molecular weight is 286 g/mol. The Morgan fingerprint density at radius 1 is 1.40 bits per heavy atom. The molecule has 0 aliphatic carbocycles. The normalized spacial score (nSPS) is 21.6. The Bertz CT molecular complexity index is 324. The van der Waals surface area contributed by atoms with Crippen LogP contribution in [0.5, 0.6) is 0 Å². The van der Waals surface area contributed by atoms with Crippen LogP contribution in [0.25, 0.3) is 0 Å². The predicted octanol–water partition coefficient (Wildman–Crippen LogP) is 2.79. The molecule has 0 saturated carbocycles.